The summed E-state index contributed by atoms with van der Waals surface area (Å²) in [6, 6.07) is 17.1. The normalized spacial score (nSPS) is 14.8. The van der Waals surface area contributed by atoms with Crippen molar-refractivity contribution < 1.29 is 9.59 Å². The van der Waals surface area contributed by atoms with E-state index in [1.165, 1.54) is 0 Å². The Kier molecular flexibility index (Phi) is 6.88. The predicted molar refractivity (Wildman–Crippen MR) is 108 cm³/mol. The molecule has 0 spiro atoms. The van der Waals surface area contributed by atoms with E-state index >= 15 is 0 Å². The molecule has 27 heavy (non-hydrogen) atoms. The van der Waals surface area contributed by atoms with Crippen LogP contribution in [0.5, 0.6) is 0 Å². The fourth-order valence-corrected chi connectivity index (χ4v) is 3.56. The summed E-state index contributed by atoms with van der Waals surface area (Å²) in [4.78, 5) is 26.5. The average molecular weight is 385 g/mol. The van der Waals surface area contributed by atoms with Crippen LogP contribution >= 0.6 is 11.6 Å². The largest absolute Gasteiger partial charge is 0.356 e. The van der Waals surface area contributed by atoms with Crippen molar-refractivity contribution in [1.29, 1.82) is 0 Å². The number of piperidine rings is 1. The highest BCUT2D eigenvalue weighted by Crippen LogP contribution is 2.22. The molecule has 2 aromatic rings. The number of hydrogen-bond acceptors (Lipinski definition) is 2. The first-order valence-electron chi connectivity index (χ1n) is 9.47. The molecule has 0 radical (unpaired) electrons. The van der Waals surface area contributed by atoms with Crippen molar-refractivity contribution in [2.24, 2.45) is 5.92 Å². The Morgan fingerprint density at radius 3 is 2.33 bits per heavy atom. The summed E-state index contributed by atoms with van der Waals surface area (Å²) in [5.74, 6) is 0.527. The molecule has 1 aliphatic heterocycles. The SMILES string of the molecule is O=C(CC1CCN(C(=O)c2ccccc2)CC1)NCCc1ccc(Cl)cc1. The second-order valence-electron chi connectivity index (χ2n) is 7.03. The van der Waals surface area contributed by atoms with Crippen molar-refractivity contribution in [3.05, 3.63) is 70.7 Å². The molecular formula is C22H25ClN2O2. The maximum absolute atomic E-state index is 12.5. The van der Waals surface area contributed by atoms with Crippen molar-refractivity contribution >= 4 is 23.4 Å². The maximum atomic E-state index is 12.5. The van der Waals surface area contributed by atoms with E-state index in [4.69, 9.17) is 11.6 Å². The lowest BCUT2D eigenvalue weighted by atomic mass is 9.93. The third kappa shape index (κ3) is 5.83. The summed E-state index contributed by atoms with van der Waals surface area (Å²) in [6.07, 6.45) is 3.09. The summed E-state index contributed by atoms with van der Waals surface area (Å²) >= 11 is 5.87. The van der Waals surface area contributed by atoms with Gasteiger partial charge in [0.05, 0.1) is 0 Å². The van der Waals surface area contributed by atoms with Crippen LogP contribution in [-0.4, -0.2) is 36.3 Å². The van der Waals surface area contributed by atoms with E-state index in [9.17, 15) is 9.59 Å². The van der Waals surface area contributed by atoms with Gasteiger partial charge in [0, 0.05) is 36.6 Å². The maximum Gasteiger partial charge on any atom is 0.253 e. The van der Waals surface area contributed by atoms with E-state index in [-0.39, 0.29) is 11.8 Å². The monoisotopic (exact) mass is 384 g/mol. The van der Waals surface area contributed by atoms with Crippen molar-refractivity contribution in [3.8, 4) is 0 Å². The van der Waals surface area contributed by atoms with Crippen LogP contribution in [0.3, 0.4) is 0 Å². The number of carbonyl (C=O) groups is 2. The lowest BCUT2D eigenvalue weighted by Crippen LogP contribution is -2.39. The number of halogens is 1. The Morgan fingerprint density at radius 1 is 1.00 bits per heavy atom. The van der Waals surface area contributed by atoms with Crippen LogP contribution in [0.15, 0.2) is 54.6 Å². The number of nitrogens with one attached hydrogen (secondary N) is 1. The first-order valence-corrected chi connectivity index (χ1v) is 9.85. The fourth-order valence-electron chi connectivity index (χ4n) is 3.44. The minimum atomic E-state index is 0.0847. The molecule has 1 fully saturated rings. The van der Waals surface area contributed by atoms with Crippen LogP contribution in [0.25, 0.3) is 0 Å². The van der Waals surface area contributed by atoms with Gasteiger partial charge in [-0.15, -0.1) is 0 Å². The van der Waals surface area contributed by atoms with E-state index in [1.807, 2.05) is 59.5 Å². The van der Waals surface area contributed by atoms with E-state index in [0.29, 0.717) is 18.9 Å². The van der Waals surface area contributed by atoms with E-state index in [1.54, 1.807) is 0 Å². The third-order valence-electron chi connectivity index (χ3n) is 5.05. The zero-order chi connectivity index (χ0) is 19.1. The molecule has 2 aromatic carbocycles. The molecule has 2 amide bonds. The number of benzene rings is 2. The van der Waals surface area contributed by atoms with Gasteiger partial charge in [0.15, 0.2) is 0 Å². The number of nitrogens with zero attached hydrogens (tertiary/aromatic N) is 1. The van der Waals surface area contributed by atoms with Gasteiger partial charge in [-0.1, -0.05) is 41.9 Å². The first kappa shape index (κ1) is 19.4. The van der Waals surface area contributed by atoms with Crippen LogP contribution < -0.4 is 5.32 Å². The molecular weight excluding hydrogens is 360 g/mol. The molecule has 1 saturated heterocycles. The number of carbonyl (C=O) groups excluding carboxylic acids is 2. The molecule has 0 aliphatic carbocycles. The van der Waals surface area contributed by atoms with Gasteiger partial charge in [0.1, 0.15) is 0 Å². The summed E-state index contributed by atoms with van der Waals surface area (Å²) in [5, 5.41) is 3.72. The zero-order valence-corrected chi connectivity index (χ0v) is 16.1. The van der Waals surface area contributed by atoms with Gasteiger partial charge in [0.2, 0.25) is 5.91 Å². The van der Waals surface area contributed by atoms with E-state index < -0.39 is 0 Å². The Hall–Kier alpha value is -2.33. The molecule has 4 nitrogen and oxygen atoms in total. The first-order chi connectivity index (χ1) is 13.1. The van der Waals surface area contributed by atoms with Crippen molar-refractivity contribution in [1.82, 2.24) is 10.2 Å². The minimum Gasteiger partial charge on any atom is -0.356 e. The lowest BCUT2D eigenvalue weighted by molar-refractivity contribution is -0.122. The molecule has 0 bridgehead atoms. The molecule has 1 heterocycles. The van der Waals surface area contributed by atoms with Gasteiger partial charge in [-0.2, -0.15) is 0 Å². The number of amides is 2. The second-order valence-corrected chi connectivity index (χ2v) is 7.47. The van der Waals surface area contributed by atoms with Gasteiger partial charge < -0.3 is 10.2 Å². The van der Waals surface area contributed by atoms with Gasteiger partial charge in [-0.3, -0.25) is 9.59 Å². The molecule has 142 valence electrons. The zero-order valence-electron chi connectivity index (χ0n) is 15.4. The average Bonchev–Trinajstić information content (AvgIpc) is 2.70. The molecule has 0 saturated carbocycles. The summed E-state index contributed by atoms with van der Waals surface area (Å²) in [6.45, 7) is 2.07. The highest BCUT2D eigenvalue weighted by molar-refractivity contribution is 6.30. The molecule has 0 aromatic heterocycles. The van der Waals surface area contributed by atoms with E-state index in [0.717, 1.165) is 48.5 Å². The van der Waals surface area contributed by atoms with Crippen molar-refractivity contribution in [3.63, 3.8) is 0 Å². The number of hydrogen-bond donors (Lipinski definition) is 1. The summed E-state index contributed by atoms with van der Waals surface area (Å²) in [5.41, 5.74) is 1.89. The number of rotatable bonds is 6. The van der Waals surface area contributed by atoms with Crippen molar-refractivity contribution in [2.75, 3.05) is 19.6 Å². The molecule has 1 aliphatic rings. The minimum absolute atomic E-state index is 0.0847. The van der Waals surface area contributed by atoms with Crippen LogP contribution in [0.2, 0.25) is 5.02 Å². The van der Waals surface area contributed by atoms with Crippen LogP contribution in [0.1, 0.15) is 35.2 Å². The summed E-state index contributed by atoms with van der Waals surface area (Å²) < 4.78 is 0. The topological polar surface area (TPSA) is 49.4 Å². The van der Waals surface area contributed by atoms with E-state index in [2.05, 4.69) is 5.32 Å². The Morgan fingerprint density at radius 2 is 1.67 bits per heavy atom. The molecule has 1 N–H and O–H groups in total. The third-order valence-corrected chi connectivity index (χ3v) is 5.30. The van der Waals surface area contributed by atoms with Crippen LogP contribution in [0, 0.1) is 5.92 Å². The van der Waals surface area contributed by atoms with Crippen LogP contribution in [-0.2, 0) is 11.2 Å². The number of likely N-dealkylation sites (tertiary alicyclic amines) is 1. The lowest BCUT2D eigenvalue weighted by Gasteiger charge is -2.31. The van der Waals surface area contributed by atoms with Gasteiger partial charge in [-0.25, -0.2) is 0 Å². The van der Waals surface area contributed by atoms with Crippen molar-refractivity contribution in [2.45, 2.75) is 25.7 Å². The highest BCUT2D eigenvalue weighted by atomic mass is 35.5. The Labute approximate surface area is 165 Å². The quantitative estimate of drug-likeness (QED) is 0.820. The Bertz CT molecular complexity index is 754. The second kappa shape index (κ2) is 9.56. The smallest absolute Gasteiger partial charge is 0.253 e. The molecule has 0 atom stereocenters. The van der Waals surface area contributed by atoms with Gasteiger partial charge in [-0.05, 0) is 55.0 Å². The van der Waals surface area contributed by atoms with Crippen LogP contribution in [0.4, 0.5) is 0 Å². The predicted octanol–water partition coefficient (Wildman–Crippen LogP) is 3.94. The molecule has 0 unspecified atom stereocenters. The Balaban J connectivity index is 1.36. The van der Waals surface area contributed by atoms with Gasteiger partial charge >= 0.3 is 0 Å². The van der Waals surface area contributed by atoms with Gasteiger partial charge in [0.25, 0.3) is 5.91 Å². The highest BCUT2D eigenvalue weighted by Gasteiger charge is 2.24. The summed E-state index contributed by atoms with van der Waals surface area (Å²) in [7, 11) is 0. The molecule has 3 rings (SSSR count). The standard InChI is InChI=1S/C22H25ClN2O2/c23-20-8-6-17(7-9-20)10-13-24-21(26)16-18-11-14-25(15-12-18)22(27)19-4-2-1-3-5-19/h1-9,18H,10-16H2,(H,24,26). The molecule has 5 heteroatoms. The fraction of sp³-hybridized carbons (Fsp3) is 0.364.